The molecule has 160 valence electrons. The fraction of sp³-hybridized carbons (Fsp3) is 0.682. The molecule has 3 rings (SSSR count). The number of rotatable bonds is 7. The van der Waals surface area contributed by atoms with Gasteiger partial charge in [-0.15, -0.1) is 11.3 Å². The van der Waals surface area contributed by atoms with Gasteiger partial charge in [0.15, 0.2) is 0 Å². The summed E-state index contributed by atoms with van der Waals surface area (Å²) >= 11 is 1.52. The number of aliphatic carboxylic acids is 1. The number of nitrogens with one attached hydrogen (secondary N) is 2. The van der Waals surface area contributed by atoms with E-state index in [1.165, 1.54) is 16.2 Å². The molecular weight excluding hydrogens is 388 g/mol. The van der Waals surface area contributed by atoms with Crippen LogP contribution in [-0.4, -0.2) is 28.9 Å². The van der Waals surface area contributed by atoms with Gasteiger partial charge in [0.2, 0.25) is 5.91 Å². The number of fused-ring (bicyclic) bond motifs is 1. The Morgan fingerprint density at radius 3 is 2.45 bits per heavy atom. The molecule has 0 radical (unpaired) electrons. The van der Waals surface area contributed by atoms with Crippen molar-refractivity contribution in [3.05, 3.63) is 16.0 Å². The minimum absolute atomic E-state index is 0.0450. The second-order valence-electron chi connectivity index (χ2n) is 9.72. The number of anilines is 1. The standard InChI is InChI=1S/C22H32N2O4S/c1-12(10-18(26)27)9-17(25)24-21-19(20(28)23-14-6-7-14)15-8-5-13(22(2,3)4)11-16(15)29-21/h12-14H,5-11H2,1-4H3,(H,23,28)(H,24,25)(H,26,27). The van der Waals surface area contributed by atoms with E-state index in [-0.39, 0.29) is 42.0 Å². The summed E-state index contributed by atoms with van der Waals surface area (Å²) in [6.45, 7) is 8.51. The maximum absolute atomic E-state index is 12.9. The van der Waals surface area contributed by atoms with Crippen LogP contribution in [0.1, 0.15) is 80.6 Å². The zero-order valence-corrected chi connectivity index (χ0v) is 18.6. The summed E-state index contributed by atoms with van der Waals surface area (Å²) in [6, 6.07) is 0.253. The second-order valence-corrected chi connectivity index (χ2v) is 10.8. The van der Waals surface area contributed by atoms with Crippen LogP contribution in [0.4, 0.5) is 5.00 Å². The maximum atomic E-state index is 12.9. The first-order chi connectivity index (χ1) is 13.5. The first-order valence-electron chi connectivity index (χ1n) is 10.5. The van der Waals surface area contributed by atoms with Crippen LogP contribution in [0.5, 0.6) is 0 Å². The molecule has 7 heteroatoms. The van der Waals surface area contributed by atoms with E-state index in [9.17, 15) is 14.4 Å². The number of thiophene rings is 1. The third-order valence-electron chi connectivity index (χ3n) is 5.94. The molecule has 6 nitrogen and oxygen atoms in total. The van der Waals surface area contributed by atoms with Crippen LogP contribution in [0.3, 0.4) is 0 Å². The SMILES string of the molecule is CC(CC(=O)O)CC(=O)Nc1sc2c(c1C(=O)NC1CC1)CCC(C(C)(C)C)C2. The van der Waals surface area contributed by atoms with Gasteiger partial charge in [-0.2, -0.15) is 0 Å². The molecule has 1 saturated carbocycles. The summed E-state index contributed by atoms with van der Waals surface area (Å²) < 4.78 is 0. The third kappa shape index (κ3) is 5.59. The molecule has 3 N–H and O–H groups in total. The van der Waals surface area contributed by atoms with E-state index in [0.717, 1.165) is 37.7 Å². The van der Waals surface area contributed by atoms with E-state index >= 15 is 0 Å². The van der Waals surface area contributed by atoms with Gasteiger partial charge >= 0.3 is 5.97 Å². The smallest absolute Gasteiger partial charge is 0.303 e. The van der Waals surface area contributed by atoms with Crippen molar-refractivity contribution < 1.29 is 19.5 Å². The van der Waals surface area contributed by atoms with Crippen LogP contribution in [0.2, 0.25) is 0 Å². The molecule has 2 aliphatic rings. The van der Waals surface area contributed by atoms with Crippen molar-refractivity contribution in [2.75, 3.05) is 5.32 Å². The highest BCUT2D eigenvalue weighted by Crippen LogP contribution is 2.44. The van der Waals surface area contributed by atoms with Gasteiger partial charge in [-0.05, 0) is 54.9 Å². The molecule has 1 aromatic heterocycles. The summed E-state index contributed by atoms with van der Waals surface area (Å²) in [6.07, 6.45) is 4.93. The number of hydrogen-bond acceptors (Lipinski definition) is 4. The number of carboxylic acid groups (broad SMARTS) is 1. The molecule has 0 saturated heterocycles. The van der Waals surface area contributed by atoms with E-state index in [1.54, 1.807) is 6.92 Å². The van der Waals surface area contributed by atoms with Crippen molar-refractivity contribution in [3.63, 3.8) is 0 Å². The number of carbonyl (C=O) groups excluding carboxylic acids is 2. The molecule has 0 aliphatic heterocycles. The van der Waals surface area contributed by atoms with Gasteiger partial charge < -0.3 is 15.7 Å². The van der Waals surface area contributed by atoms with Gasteiger partial charge in [-0.1, -0.05) is 27.7 Å². The van der Waals surface area contributed by atoms with Crippen LogP contribution in [0, 0.1) is 17.3 Å². The van der Waals surface area contributed by atoms with Crippen LogP contribution < -0.4 is 10.6 Å². The molecule has 1 fully saturated rings. The lowest BCUT2D eigenvalue weighted by molar-refractivity contribution is -0.138. The monoisotopic (exact) mass is 420 g/mol. The van der Waals surface area contributed by atoms with E-state index in [1.807, 2.05) is 0 Å². The Hall–Kier alpha value is -1.89. The zero-order valence-electron chi connectivity index (χ0n) is 17.8. The van der Waals surface area contributed by atoms with E-state index in [0.29, 0.717) is 16.5 Å². The minimum Gasteiger partial charge on any atom is -0.481 e. The van der Waals surface area contributed by atoms with Crippen LogP contribution in [-0.2, 0) is 22.4 Å². The van der Waals surface area contributed by atoms with Gasteiger partial charge in [-0.3, -0.25) is 14.4 Å². The highest BCUT2D eigenvalue weighted by Gasteiger charge is 2.35. The normalized spacial score (nSPS) is 19.9. The molecule has 0 spiro atoms. The fourth-order valence-electron chi connectivity index (χ4n) is 4.00. The molecule has 2 unspecified atom stereocenters. The number of carbonyl (C=O) groups is 3. The lowest BCUT2D eigenvalue weighted by atomic mass is 9.72. The predicted molar refractivity (Wildman–Crippen MR) is 114 cm³/mol. The Morgan fingerprint density at radius 1 is 1.17 bits per heavy atom. The maximum Gasteiger partial charge on any atom is 0.303 e. The summed E-state index contributed by atoms with van der Waals surface area (Å²) in [5, 5.41) is 15.5. The lowest BCUT2D eigenvalue weighted by Gasteiger charge is -2.33. The highest BCUT2D eigenvalue weighted by atomic mass is 32.1. The molecule has 2 aliphatic carbocycles. The van der Waals surface area contributed by atoms with Crippen molar-refractivity contribution in [2.24, 2.45) is 17.3 Å². The first kappa shape index (κ1) is 21.8. The fourth-order valence-corrected chi connectivity index (χ4v) is 5.34. The molecule has 1 heterocycles. The van der Waals surface area contributed by atoms with Gasteiger partial charge in [0.25, 0.3) is 5.91 Å². The number of carboxylic acids is 1. The molecule has 2 amide bonds. The van der Waals surface area contributed by atoms with Crippen molar-refractivity contribution in [3.8, 4) is 0 Å². The van der Waals surface area contributed by atoms with E-state index in [4.69, 9.17) is 5.11 Å². The summed E-state index contributed by atoms with van der Waals surface area (Å²) in [7, 11) is 0. The van der Waals surface area contributed by atoms with Gasteiger partial charge in [0.1, 0.15) is 5.00 Å². The quantitative estimate of drug-likeness (QED) is 0.615. The minimum atomic E-state index is -0.908. The molecule has 2 atom stereocenters. The van der Waals surface area contributed by atoms with Crippen molar-refractivity contribution in [1.29, 1.82) is 0 Å². The summed E-state index contributed by atoms with van der Waals surface area (Å²) in [4.78, 5) is 37.5. The van der Waals surface area contributed by atoms with Crippen LogP contribution >= 0.6 is 11.3 Å². The average molecular weight is 421 g/mol. The number of amides is 2. The van der Waals surface area contributed by atoms with Crippen LogP contribution in [0.25, 0.3) is 0 Å². The Kier molecular flexibility index (Phi) is 6.36. The number of hydrogen-bond donors (Lipinski definition) is 3. The molecular formula is C22H32N2O4S. The van der Waals surface area contributed by atoms with Crippen LogP contribution in [0.15, 0.2) is 0 Å². The largest absolute Gasteiger partial charge is 0.481 e. The molecule has 1 aromatic rings. The lowest BCUT2D eigenvalue weighted by Crippen LogP contribution is -2.29. The van der Waals surface area contributed by atoms with Crippen molar-refractivity contribution in [2.45, 2.75) is 78.7 Å². The average Bonchev–Trinajstić information content (AvgIpc) is 3.31. The van der Waals surface area contributed by atoms with Crippen molar-refractivity contribution >= 4 is 34.1 Å². The molecule has 0 aromatic carbocycles. The van der Waals surface area contributed by atoms with E-state index in [2.05, 4.69) is 31.4 Å². The molecule has 29 heavy (non-hydrogen) atoms. The zero-order chi connectivity index (χ0) is 21.3. The summed E-state index contributed by atoms with van der Waals surface area (Å²) in [5.74, 6) is -0.934. The van der Waals surface area contributed by atoms with Crippen molar-refractivity contribution in [1.82, 2.24) is 5.32 Å². The van der Waals surface area contributed by atoms with Gasteiger partial charge in [0, 0.05) is 23.8 Å². The van der Waals surface area contributed by atoms with Gasteiger partial charge in [0.05, 0.1) is 5.56 Å². The Morgan fingerprint density at radius 2 is 1.86 bits per heavy atom. The Balaban J connectivity index is 1.81. The summed E-state index contributed by atoms with van der Waals surface area (Å²) in [5.41, 5.74) is 1.92. The Labute approximate surface area is 176 Å². The first-order valence-corrected chi connectivity index (χ1v) is 11.3. The van der Waals surface area contributed by atoms with E-state index < -0.39 is 5.97 Å². The predicted octanol–water partition coefficient (Wildman–Crippen LogP) is 4.23. The third-order valence-corrected chi connectivity index (χ3v) is 7.11. The Bertz CT molecular complexity index is 804. The topological polar surface area (TPSA) is 95.5 Å². The van der Waals surface area contributed by atoms with Gasteiger partial charge in [-0.25, -0.2) is 0 Å². The second kappa shape index (κ2) is 8.46. The molecule has 0 bridgehead atoms. The highest BCUT2D eigenvalue weighted by molar-refractivity contribution is 7.17.